The number of thiol groups is 1. The summed E-state index contributed by atoms with van der Waals surface area (Å²) >= 11 is 4.35. The Morgan fingerprint density at radius 2 is 1.51 bits per heavy atom. The standard InChI is InChI=1S/C36H45N2O10PS2/c1-22-12-27-5-4-24-15-33(32(46-3)18-29(24)35(40)37(27)19-22)48-7-9-49(42,10-11-50)8-6-47-31-16-25-17-34(51(43,44)45)30-13-23(2)20-38(30)36(41)28(25)14-26(31)21-39/h14-16,18,27,30,34,39,50H,1-2,4-13,17,19-21H2,3H3,(H,43,44,45)/t27-,30+,34?,49?/m1/s1. The molecule has 2 amide bonds. The minimum absolute atomic E-state index is 0.0233. The molecule has 2 saturated heterocycles. The molecule has 0 radical (unpaired) electrons. The number of amides is 2. The Morgan fingerprint density at radius 3 is 2.18 bits per heavy atom. The average Bonchev–Trinajstić information content (AvgIpc) is 3.60. The molecule has 4 aliphatic rings. The molecule has 51 heavy (non-hydrogen) atoms. The number of aryl methyl sites for hydroxylation is 1. The van der Waals surface area contributed by atoms with Gasteiger partial charge in [0.25, 0.3) is 21.9 Å². The average molecular weight is 761 g/mol. The fourth-order valence-corrected chi connectivity index (χ4v) is 11.8. The van der Waals surface area contributed by atoms with Gasteiger partial charge in [0.15, 0.2) is 11.5 Å². The Morgan fingerprint density at radius 1 is 0.882 bits per heavy atom. The minimum atomic E-state index is -4.52. The summed E-state index contributed by atoms with van der Waals surface area (Å²) in [5, 5.41) is 8.93. The van der Waals surface area contributed by atoms with Crippen molar-refractivity contribution in [3.05, 3.63) is 76.4 Å². The van der Waals surface area contributed by atoms with Gasteiger partial charge in [0, 0.05) is 54.3 Å². The SMILES string of the molecule is C=C1C[C@H]2CCc3cc(OCCP(=O)(CCS)CCOc4cc5c(cc4CO)C(=O)N4CC(=C)C[C@H]4C(S(=O)(=O)O)C5)c(OC)cc3C(=O)N2C1. The van der Waals surface area contributed by atoms with Gasteiger partial charge < -0.3 is 33.7 Å². The summed E-state index contributed by atoms with van der Waals surface area (Å²) in [6.45, 7) is 8.44. The van der Waals surface area contributed by atoms with Gasteiger partial charge in [-0.2, -0.15) is 21.0 Å². The molecule has 2 fully saturated rings. The van der Waals surface area contributed by atoms with E-state index in [1.807, 2.05) is 11.0 Å². The first-order valence-corrected chi connectivity index (χ1v) is 21.5. The molecule has 0 spiro atoms. The van der Waals surface area contributed by atoms with Gasteiger partial charge in [-0.3, -0.25) is 14.1 Å². The maximum absolute atomic E-state index is 14.1. The molecular weight excluding hydrogens is 716 g/mol. The van der Waals surface area contributed by atoms with Crippen LogP contribution in [-0.4, -0.2) is 115 Å². The van der Waals surface area contributed by atoms with Crippen LogP contribution in [0.2, 0.25) is 0 Å². The first-order valence-electron chi connectivity index (χ1n) is 17.1. The highest BCUT2D eigenvalue weighted by Gasteiger charge is 2.46. The third-order valence-corrected chi connectivity index (χ3v) is 15.3. The van der Waals surface area contributed by atoms with E-state index < -0.39 is 41.1 Å². The minimum Gasteiger partial charge on any atom is -0.493 e. The number of methoxy groups -OCH3 is 1. The number of fused-ring (bicyclic) bond motifs is 4. The third kappa shape index (κ3) is 7.76. The number of ether oxygens (including phenoxy) is 3. The molecule has 276 valence electrons. The van der Waals surface area contributed by atoms with Crippen molar-refractivity contribution >= 4 is 41.7 Å². The molecule has 2 aromatic carbocycles. The van der Waals surface area contributed by atoms with Gasteiger partial charge in [-0.1, -0.05) is 24.3 Å². The summed E-state index contributed by atoms with van der Waals surface area (Å²) in [4.78, 5) is 30.2. The Hall–Kier alpha value is -3.29. The van der Waals surface area contributed by atoms with Crippen molar-refractivity contribution in [2.45, 2.75) is 56.0 Å². The molecular formula is C36H45N2O10PS2. The highest BCUT2D eigenvalue weighted by Crippen LogP contribution is 2.46. The first kappa shape index (κ1) is 37.5. The number of carbonyl (C=O) groups excluding carboxylic acids is 2. The maximum atomic E-state index is 14.1. The van der Waals surface area contributed by atoms with Crippen LogP contribution in [0.25, 0.3) is 0 Å². The molecule has 0 bridgehead atoms. The second-order valence-corrected chi connectivity index (χ2v) is 19.4. The van der Waals surface area contributed by atoms with Crippen LogP contribution >= 0.6 is 19.8 Å². The van der Waals surface area contributed by atoms with E-state index in [2.05, 4.69) is 25.8 Å². The number of rotatable bonds is 13. The summed E-state index contributed by atoms with van der Waals surface area (Å²) in [5.74, 6) is 1.09. The number of aliphatic hydroxyl groups is 1. The first-order chi connectivity index (χ1) is 24.2. The van der Waals surface area contributed by atoms with E-state index in [4.69, 9.17) is 14.2 Å². The van der Waals surface area contributed by atoms with Gasteiger partial charge in [-0.05, 0) is 73.2 Å². The molecule has 0 aromatic heterocycles. The Balaban J connectivity index is 1.14. The Bertz CT molecular complexity index is 1920. The molecule has 2 N–H and O–H groups in total. The molecule has 4 heterocycles. The van der Waals surface area contributed by atoms with Crippen LogP contribution in [0, 0.1) is 0 Å². The lowest BCUT2D eigenvalue weighted by Gasteiger charge is -2.26. The van der Waals surface area contributed by atoms with Crippen LogP contribution in [0.4, 0.5) is 0 Å². The van der Waals surface area contributed by atoms with Gasteiger partial charge in [-0.25, -0.2) is 0 Å². The number of nitrogens with zero attached hydrogens (tertiary/aromatic N) is 2. The molecule has 0 saturated carbocycles. The van der Waals surface area contributed by atoms with Crippen LogP contribution in [-0.2, 0) is 34.1 Å². The van der Waals surface area contributed by atoms with Gasteiger partial charge in [-0.15, -0.1) is 0 Å². The molecule has 15 heteroatoms. The van der Waals surface area contributed by atoms with Crippen molar-refractivity contribution in [1.82, 2.24) is 9.80 Å². The van der Waals surface area contributed by atoms with Crippen LogP contribution < -0.4 is 14.2 Å². The van der Waals surface area contributed by atoms with Gasteiger partial charge in [0.2, 0.25) is 0 Å². The smallest absolute Gasteiger partial charge is 0.270 e. The van der Waals surface area contributed by atoms with E-state index in [-0.39, 0.29) is 68.2 Å². The lowest BCUT2D eigenvalue weighted by atomic mass is 9.98. The van der Waals surface area contributed by atoms with Gasteiger partial charge >= 0.3 is 0 Å². The molecule has 4 atom stereocenters. The van der Waals surface area contributed by atoms with E-state index in [0.29, 0.717) is 58.6 Å². The van der Waals surface area contributed by atoms with Gasteiger partial charge in [0.1, 0.15) is 11.0 Å². The predicted octanol–water partition coefficient (Wildman–Crippen LogP) is 4.24. The largest absolute Gasteiger partial charge is 0.493 e. The van der Waals surface area contributed by atoms with Crippen molar-refractivity contribution in [3.8, 4) is 17.2 Å². The quantitative estimate of drug-likeness (QED) is 0.117. The van der Waals surface area contributed by atoms with E-state index in [1.54, 1.807) is 6.07 Å². The lowest BCUT2D eigenvalue weighted by molar-refractivity contribution is 0.0734. The van der Waals surface area contributed by atoms with Crippen LogP contribution in [0.15, 0.2) is 48.6 Å². The second kappa shape index (κ2) is 15.0. The molecule has 12 nitrogen and oxygen atoms in total. The van der Waals surface area contributed by atoms with Crippen LogP contribution in [0.5, 0.6) is 17.2 Å². The maximum Gasteiger partial charge on any atom is 0.270 e. The zero-order valence-corrected chi connectivity index (χ0v) is 31.3. The zero-order chi connectivity index (χ0) is 36.7. The van der Waals surface area contributed by atoms with Crippen molar-refractivity contribution < 1.29 is 46.4 Å². The number of aliphatic hydroxyl groups excluding tert-OH is 1. The monoisotopic (exact) mass is 760 g/mol. The van der Waals surface area contributed by atoms with Crippen LogP contribution in [0.3, 0.4) is 0 Å². The normalized spacial score (nSPS) is 22.8. The van der Waals surface area contributed by atoms with Crippen molar-refractivity contribution in [1.29, 1.82) is 0 Å². The fraction of sp³-hybridized carbons (Fsp3) is 0.500. The highest BCUT2D eigenvalue weighted by molar-refractivity contribution is 7.86. The number of benzene rings is 2. The van der Waals surface area contributed by atoms with Crippen LogP contribution in [0.1, 0.15) is 56.7 Å². The van der Waals surface area contributed by atoms with E-state index in [1.165, 1.54) is 24.1 Å². The zero-order valence-electron chi connectivity index (χ0n) is 28.7. The van der Waals surface area contributed by atoms with Crippen molar-refractivity contribution in [2.24, 2.45) is 0 Å². The molecule has 6 rings (SSSR count). The van der Waals surface area contributed by atoms with Crippen molar-refractivity contribution in [2.75, 3.05) is 57.7 Å². The Kier molecular flexibility index (Phi) is 11.0. The summed E-state index contributed by atoms with van der Waals surface area (Å²) in [5.41, 5.74) is 4.18. The predicted molar refractivity (Wildman–Crippen MR) is 197 cm³/mol. The Labute approximate surface area is 304 Å². The second-order valence-electron chi connectivity index (χ2n) is 13.9. The molecule has 4 aliphatic heterocycles. The van der Waals surface area contributed by atoms with Crippen molar-refractivity contribution in [3.63, 3.8) is 0 Å². The highest BCUT2D eigenvalue weighted by atomic mass is 32.2. The number of hydrogen-bond acceptors (Lipinski definition) is 10. The topological polar surface area (TPSA) is 160 Å². The van der Waals surface area contributed by atoms with Gasteiger partial charge in [0.05, 0.1) is 40.1 Å². The number of carbonyl (C=O) groups is 2. The molecule has 0 aliphatic carbocycles. The third-order valence-electron chi connectivity index (χ3n) is 10.5. The lowest BCUT2D eigenvalue weighted by Crippen LogP contribution is -2.44. The fourth-order valence-electron chi connectivity index (χ4n) is 7.78. The number of hydrogen-bond donors (Lipinski definition) is 3. The molecule has 2 unspecified atom stereocenters. The summed E-state index contributed by atoms with van der Waals surface area (Å²) < 4.78 is 66.9. The van der Waals surface area contributed by atoms with E-state index in [9.17, 15) is 32.2 Å². The summed E-state index contributed by atoms with van der Waals surface area (Å²) in [6.07, 6.45) is 3.24. The summed E-state index contributed by atoms with van der Waals surface area (Å²) in [6, 6.07) is 5.99. The summed E-state index contributed by atoms with van der Waals surface area (Å²) in [7, 11) is -5.87. The van der Waals surface area contributed by atoms with E-state index in [0.717, 1.165) is 24.0 Å². The van der Waals surface area contributed by atoms with E-state index >= 15 is 0 Å². The molecule has 2 aromatic rings.